The van der Waals surface area contributed by atoms with Crippen LogP contribution in [0.2, 0.25) is 5.02 Å². The lowest BCUT2D eigenvalue weighted by molar-refractivity contribution is -0.0677. The molecule has 1 aliphatic carbocycles. The van der Waals surface area contributed by atoms with Crippen LogP contribution in [0.15, 0.2) is 48.6 Å². The van der Waals surface area contributed by atoms with Crippen LogP contribution >= 0.6 is 11.6 Å². The van der Waals surface area contributed by atoms with Gasteiger partial charge in [-0.05, 0) is 91.8 Å². The van der Waals surface area contributed by atoms with Gasteiger partial charge in [-0.1, -0.05) is 50.1 Å². The number of allylic oxidation sites excluding steroid dienone is 1. The monoisotopic (exact) mass is 784 g/mol. The number of fused-ring (bicyclic) bond motifs is 2. The smallest absolute Gasteiger partial charge is 0.263 e. The quantitative estimate of drug-likeness (QED) is 0.328. The predicted octanol–water partition coefficient (Wildman–Crippen LogP) is 6.00. The van der Waals surface area contributed by atoms with Crippen LogP contribution < -0.4 is 19.7 Å². The molecule has 0 spiro atoms. The summed E-state index contributed by atoms with van der Waals surface area (Å²) in [6.07, 6.45) is 9.24. The van der Waals surface area contributed by atoms with E-state index >= 15 is 0 Å². The van der Waals surface area contributed by atoms with Crippen molar-refractivity contribution in [2.75, 3.05) is 84.8 Å². The highest BCUT2D eigenvalue weighted by Gasteiger charge is 2.45. The van der Waals surface area contributed by atoms with E-state index in [2.05, 4.69) is 64.9 Å². The summed E-state index contributed by atoms with van der Waals surface area (Å²) < 4.78 is 39.5. The molecule has 0 radical (unpaired) electrons. The zero-order chi connectivity index (χ0) is 38.2. The van der Waals surface area contributed by atoms with Gasteiger partial charge in [0.05, 0.1) is 49.0 Å². The highest BCUT2D eigenvalue weighted by atomic mass is 35.5. The number of methoxy groups -OCH3 is 2. The normalized spacial score (nSPS) is 31.3. The summed E-state index contributed by atoms with van der Waals surface area (Å²) in [6.45, 7) is 15.4. The molecule has 6 unspecified atom stereocenters. The zero-order valence-electron chi connectivity index (χ0n) is 32.8. The van der Waals surface area contributed by atoms with Crippen LogP contribution in [-0.2, 0) is 31.6 Å². The number of aryl methyl sites for hydroxylation is 1. The van der Waals surface area contributed by atoms with Gasteiger partial charge in [-0.2, -0.15) is 0 Å². The maximum Gasteiger partial charge on any atom is 0.263 e. The van der Waals surface area contributed by atoms with E-state index in [1.165, 1.54) is 24.2 Å². The first-order chi connectivity index (χ1) is 26.1. The van der Waals surface area contributed by atoms with E-state index < -0.39 is 16.6 Å². The van der Waals surface area contributed by atoms with E-state index in [9.17, 15) is 9.00 Å². The van der Waals surface area contributed by atoms with Gasteiger partial charge in [0.25, 0.3) is 5.91 Å². The fourth-order valence-corrected chi connectivity index (χ4v) is 10.0. The van der Waals surface area contributed by atoms with Crippen LogP contribution in [-0.4, -0.2) is 112 Å². The minimum atomic E-state index is -1.63. The van der Waals surface area contributed by atoms with Gasteiger partial charge >= 0.3 is 0 Å². The maximum absolute atomic E-state index is 13.5. The molecule has 12 heteroatoms. The third-order valence-electron chi connectivity index (χ3n) is 12.2. The van der Waals surface area contributed by atoms with Crippen molar-refractivity contribution in [3.05, 3.63) is 70.3 Å². The minimum Gasteiger partial charge on any atom is -0.491 e. The van der Waals surface area contributed by atoms with Crippen molar-refractivity contribution >= 4 is 34.2 Å². The topological polar surface area (TPSA) is 102 Å². The number of benzene rings is 2. The summed E-state index contributed by atoms with van der Waals surface area (Å²) in [5.41, 5.74) is 3.46. The van der Waals surface area contributed by atoms with Gasteiger partial charge in [0, 0.05) is 70.0 Å². The van der Waals surface area contributed by atoms with Crippen molar-refractivity contribution in [2.24, 2.45) is 17.8 Å². The first-order valence-corrected chi connectivity index (χ1v) is 21.5. The second kappa shape index (κ2) is 19.1. The van der Waals surface area contributed by atoms with E-state index in [0.29, 0.717) is 30.4 Å². The lowest BCUT2D eigenvalue weighted by Gasteiger charge is -2.48. The summed E-state index contributed by atoms with van der Waals surface area (Å²) >= 11 is 6.43. The molecule has 298 valence electrons. The molecule has 2 aromatic rings. The molecule has 4 aliphatic heterocycles. The largest absolute Gasteiger partial charge is 0.491 e. The molecular formula is C42H61ClN4O6S. The number of ether oxygens (including phenoxy) is 4. The fourth-order valence-electron chi connectivity index (χ4n) is 8.60. The summed E-state index contributed by atoms with van der Waals surface area (Å²) in [7, 11) is 1.77. The Bertz CT molecular complexity index is 1620. The average molecular weight is 785 g/mol. The van der Waals surface area contributed by atoms with E-state index in [4.69, 9.17) is 30.5 Å². The van der Waals surface area contributed by atoms with E-state index in [-0.39, 0.29) is 29.6 Å². The van der Waals surface area contributed by atoms with E-state index in [1.54, 1.807) is 20.3 Å². The predicted molar refractivity (Wildman–Crippen MR) is 217 cm³/mol. The molecule has 2 saturated heterocycles. The van der Waals surface area contributed by atoms with E-state index in [1.807, 2.05) is 18.2 Å². The van der Waals surface area contributed by atoms with Crippen molar-refractivity contribution in [3.8, 4) is 5.75 Å². The number of amides is 1. The number of halogens is 1. The number of carbonyl (C=O) groups is 1. The lowest BCUT2D eigenvalue weighted by atomic mass is 9.64. The van der Waals surface area contributed by atoms with Crippen molar-refractivity contribution in [1.82, 2.24) is 14.9 Å². The maximum atomic E-state index is 13.5. The number of rotatable bonds is 7. The van der Waals surface area contributed by atoms with Gasteiger partial charge in [-0.3, -0.25) is 14.4 Å². The highest BCUT2D eigenvalue weighted by molar-refractivity contribution is 7.84. The molecule has 7 atom stereocenters. The number of anilines is 1. The van der Waals surface area contributed by atoms with Crippen LogP contribution in [0.1, 0.15) is 73.9 Å². The van der Waals surface area contributed by atoms with Crippen LogP contribution in [0, 0.1) is 17.8 Å². The number of hydrogen-bond acceptors (Lipinski definition) is 9. The molecule has 7 rings (SSSR count). The molecule has 2 bridgehead atoms. The molecule has 4 heterocycles. The first-order valence-electron chi connectivity index (χ1n) is 19.9. The van der Waals surface area contributed by atoms with Gasteiger partial charge in [0.15, 0.2) is 0 Å². The van der Waals surface area contributed by atoms with Gasteiger partial charge in [-0.15, -0.1) is 0 Å². The van der Waals surface area contributed by atoms with Crippen molar-refractivity contribution in [2.45, 2.75) is 75.7 Å². The molecule has 1 amide bonds. The molecule has 0 aromatic heterocycles. The molecule has 10 nitrogen and oxygen atoms in total. The van der Waals surface area contributed by atoms with Crippen molar-refractivity contribution in [1.29, 1.82) is 0 Å². The average Bonchev–Trinajstić information content (AvgIpc) is 3.31. The van der Waals surface area contributed by atoms with Crippen molar-refractivity contribution in [3.63, 3.8) is 0 Å². The molecule has 2 N–H and O–H groups in total. The SMILES string of the molecule is C1CN(C2COC2)CCN1.CCCc1cc(Cl)ccc1C1COc2ccc3cc2N(C1)CC1CCC1[C@@](C)(OC)/C=C/CC(C)C(COC)S(=O)NC3=O. The number of carbonyl (C=O) groups excluding carboxylic acids is 1. The number of hydrogen-bond donors (Lipinski definition) is 2. The Kier molecular flexibility index (Phi) is 14.5. The zero-order valence-corrected chi connectivity index (χ0v) is 34.4. The highest BCUT2D eigenvalue weighted by Crippen LogP contribution is 2.47. The van der Waals surface area contributed by atoms with Gasteiger partial charge < -0.3 is 29.2 Å². The summed E-state index contributed by atoms with van der Waals surface area (Å²) in [4.78, 5) is 18.4. The third kappa shape index (κ3) is 9.71. The Morgan fingerprint density at radius 2 is 1.85 bits per heavy atom. The Morgan fingerprint density at radius 3 is 2.52 bits per heavy atom. The standard InChI is InChI=1S/C35H47ClN2O5S.C7H14N2O/c1-6-8-24-17-28(36)12-13-29(24)27-20-38-19-26-10-14-30(26)35(3,42-5)16-7-9-23(2)33(22-41-4)44(40)37-34(39)25-11-15-32(43-21-27)31(38)18-25;1-3-9(4-2-8-1)7-5-10-6-7/h7,11-13,15-18,23,26-27,30,33H,6,8-10,14,19-22H2,1-5H3,(H,37,39);7-8H,1-6H2/b16-7+;/t23?,26?,27?,30?,33?,35-,44?;/m0./s1. The Labute approximate surface area is 330 Å². The molecule has 54 heavy (non-hydrogen) atoms. The summed E-state index contributed by atoms with van der Waals surface area (Å²) in [6, 6.07) is 12.5. The van der Waals surface area contributed by atoms with Crippen molar-refractivity contribution < 1.29 is 28.0 Å². The number of piperazine rings is 1. The lowest BCUT2D eigenvalue weighted by Crippen LogP contribution is -2.55. The van der Waals surface area contributed by atoms with Gasteiger partial charge in [0.2, 0.25) is 0 Å². The Morgan fingerprint density at radius 1 is 1.06 bits per heavy atom. The Balaban J connectivity index is 0.000000426. The molecule has 1 saturated carbocycles. The van der Waals surface area contributed by atoms with Crippen LogP contribution in [0.25, 0.3) is 0 Å². The molecule has 3 fully saturated rings. The molecule has 5 aliphatic rings. The summed E-state index contributed by atoms with van der Waals surface area (Å²) in [5.74, 6) is 1.30. The second-order valence-corrected chi connectivity index (χ2v) is 17.7. The van der Waals surface area contributed by atoms with Crippen LogP contribution in [0.3, 0.4) is 0 Å². The summed E-state index contributed by atoms with van der Waals surface area (Å²) in [5, 5.41) is 3.73. The number of nitrogens with one attached hydrogen (secondary N) is 2. The second-order valence-electron chi connectivity index (χ2n) is 15.8. The van der Waals surface area contributed by atoms with Crippen LogP contribution in [0.5, 0.6) is 5.75 Å². The minimum absolute atomic E-state index is 0.0249. The number of nitrogens with zero attached hydrogens (tertiary/aromatic N) is 2. The van der Waals surface area contributed by atoms with Gasteiger partial charge in [0.1, 0.15) is 16.7 Å². The molecule has 2 aromatic carbocycles. The molecular weight excluding hydrogens is 724 g/mol. The van der Waals surface area contributed by atoms with E-state index in [0.717, 1.165) is 87.6 Å². The van der Waals surface area contributed by atoms with Crippen LogP contribution in [0.4, 0.5) is 5.69 Å². The Hall–Kier alpha value is -2.51. The van der Waals surface area contributed by atoms with Gasteiger partial charge in [-0.25, -0.2) is 4.21 Å². The first kappa shape index (κ1) is 41.1. The third-order valence-corrected chi connectivity index (χ3v) is 14.0. The fraction of sp³-hybridized carbons (Fsp3) is 0.643.